The van der Waals surface area contributed by atoms with Crippen molar-refractivity contribution in [2.45, 2.75) is 26.7 Å². The van der Waals surface area contributed by atoms with Crippen LogP contribution in [0.2, 0.25) is 0 Å². The Morgan fingerprint density at radius 3 is 3.00 bits per heavy atom. The number of hydrogen-bond acceptors (Lipinski definition) is 2. The molecule has 1 saturated heterocycles. The van der Waals surface area contributed by atoms with Crippen LogP contribution in [0, 0.1) is 5.92 Å². The first-order chi connectivity index (χ1) is 6.22. The lowest BCUT2D eigenvalue weighted by molar-refractivity contribution is -0.119. The summed E-state index contributed by atoms with van der Waals surface area (Å²) in [6.07, 6.45) is 2.54. The number of amides is 1. The number of piperidine rings is 1. The van der Waals surface area contributed by atoms with Gasteiger partial charge < -0.3 is 10.2 Å². The van der Waals surface area contributed by atoms with E-state index in [1.54, 1.807) is 6.92 Å². The zero-order valence-electron chi connectivity index (χ0n) is 8.68. The van der Waals surface area contributed by atoms with E-state index in [0.717, 1.165) is 19.6 Å². The number of carbonyl (C=O) groups excluding carboxylic acids is 1. The summed E-state index contributed by atoms with van der Waals surface area (Å²) in [5, 5.41) is 2.89. The van der Waals surface area contributed by atoms with Crippen LogP contribution in [0.4, 0.5) is 0 Å². The molecule has 3 nitrogen and oxygen atoms in total. The third kappa shape index (κ3) is 3.77. The molecule has 0 spiro atoms. The molecule has 1 fully saturated rings. The minimum atomic E-state index is 0.0913. The van der Waals surface area contributed by atoms with Gasteiger partial charge in [0.15, 0.2) is 0 Å². The summed E-state index contributed by atoms with van der Waals surface area (Å²) >= 11 is 0. The third-order valence-corrected chi connectivity index (χ3v) is 2.69. The highest BCUT2D eigenvalue weighted by atomic mass is 16.1. The average Bonchev–Trinajstić information content (AvgIpc) is 2.15. The molecule has 0 radical (unpaired) electrons. The van der Waals surface area contributed by atoms with Gasteiger partial charge in [0.05, 0.1) is 0 Å². The van der Waals surface area contributed by atoms with Crippen LogP contribution < -0.4 is 5.32 Å². The first-order valence-electron chi connectivity index (χ1n) is 5.19. The fourth-order valence-corrected chi connectivity index (χ4v) is 1.89. The van der Waals surface area contributed by atoms with Crippen LogP contribution in [-0.2, 0) is 4.79 Å². The number of hydrogen-bond donors (Lipinski definition) is 1. The Kier molecular flexibility index (Phi) is 4.22. The van der Waals surface area contributed by atoms with Crippen molar-refractivity contribution in [1.82, 2.24) is 10.2 Å². The number of rotatable bonds is 3. The molecule has 0 bridgehead atoms. The van der Waals surface area contributed by atoms with E-state index < -0.39 is 0 Å². The molecule has 1 atom stereocenters. The van der Waals surface area contributed by atoms with Gasteiger partial charge in [-0.3, -0.25) is 4.79 Å². The van der Waals surface area contributed by atoms with Crippen LogP contribution in [0.25, 0.3) is 0 Å². The highest BCUT2D eigenvalue weighted by molar-refractivity contribution is 5.72. The van der Waals surface area contributed by atoms with Gasteiger partial charge in [-0.2, -0.15) is 0 Å². The molecule has 13 heavy (non-hydrogen) atoms. The fraction of sp³-hybridized carbons (Fsp3) is 0.900. The molecule has 1 amide bonds. The monoisotopic (exact) mass is 184 g/mol. The molecular weight excluding hydrogens is 164 g/mol. The number of carbonyl (C=O) groups is 1. The highest BCUT2D eigenvalue weighted by Crippen LogP contribution is 2.14. The molecule has 0 saturated carbocycles. The normalized spacial score (nSPS) is 24.3. The van der Waals surface area contributed by atoms with Crippen molar-refractivity contribution in [3.8, 4) is 0 Å². The van der Waals surface area contributed by atoms with E-state index in [0.29, 0.717) is 5.92 Å². The molecule has 1 aliphatic heterocycles. The van der Waals surface area contributed by atoms with Crippen molar-refractivity contribution in [3.63, 3.8) is 0 Å². The summed E-state index contributed by atoms with van der Waals surface area (Å²) in [6, 6.07) is 0. The summed E-state index contributed by atoms with van der Waals surface area (Å²) in [5.41, 5.74) is 0. The Morgan fingerprint density at radius 1 is 1.62 bits per heavy atom. The van der Waals surface area contributed by atoms with Gasteiger partial charge in [0.25, 0.3) is 0 Å². The minimum Gasteiger partial charge on any atom is -0.356 e. The Hall–Kier alpha value is -0.570. The Balaban J connectivity index is 2.21. The molecule has 1 unspecified atom stereocenters. The largest absolute Gasteiger partial charge is 0.356 e. The van der Waals surface area contributed by atoms with Crippen LogP contribution in [0.15, 0.2) is 0 Å². The smallest absolute Gasteiger partial charge is 0.216 e. The van der Waals surface area contributed by atoms with E-state index in [4.69, 9.17) is 0 Å². The van der Waals surface area contributed by atoms with Crippen molar-refractivity contribution >= 4 is 5.91 Å². The molecule has 3 heteroatoms. The van der Waals surface area contributed by atoms with Crippen molar-refractivity contribution in [1.29, 1.82) is 0 Å². The molecular formula is C10H20N2O. The van der Waals surface area contributed by atoms with Crippen LogP contribution in [0.5, 0.6) is 0 Å². The van der Waals surface area contributed by atoms with Gasteiger partial charge in [-0.25, -0.2) is 0 Å². The zero-order chi connectivity index (χ0) is 9.68. The Labute approximate surface area is 80.5 Å². The van der Waals surface area contributed by atoms with E-state index in [1.807, 2.05) is 0 Å². The van der Waals surface area contributed by atoms with E-state index >= 15 is 0 Å². The second kappa shape index (κ2) is 5.22. The average molecular weight is 184 g/mol. The predicted octanol–water partition coefficient (Wildman–Crippen LogP) is 0.854. The van der Waals surface area contributed by atoms with Gasteiger partial charge in [0, 0.05) is 20.0 Å². The second-order valence-electron chi connectivity index (χ2n) is 3.84. The van der Waals surface area contributed by atoms with Crippen molar-refractivity contribution in [2.24, 2.45) is 5.92 Å². The van der Waals surface area contributed by atoms with Gasteiger partial charge >= 0.3 is 0 Å². The maximum atomic E-state index is 10.7. The minimum absolute atomic E-state index is 0.0913. The quantitative estimate of drug-likeness (QED) is 0.705. The lowest BCUT2D eigenvalue weighted by atomic mass is 9.98. The number of nitrogens with zero attached hydrogens (tertiary/aromatic N) is 1. The van der Waals surface area contributed by atoms with E-state index in [-0.39, 0.29) is 5.91 Å². The maximum Gasteiger partial charge on any atom is 0.216 e. The van der Waals surface area contributed by atoms with Gasteiger partial charge in [-0.05, 0) is 31.8 Å². The molecule has 0 aromatic heterocycles. The molecule has 1 N–H and O–H groups in total. The molecule has 1 rings (SSSR count). The van der Waals surface area contributed by atoms with Crippen LogP contribution in [-0.4, -0.2) is 37.0 Å². The lowest BCUT2D eigenvalue weighted by Gasteiger charge is -2.31. The maximum absolute atomic E-state index is 10.7. The van der Waals surface area contributed by atoms with Gasteiger partial charge in [-0.1, -0.05) is 6.92 Å². The second-order valence-corrected chi connectivity index (χ2v) is 3.84. The molecule has 0 aliphatic carbocycles. The highest BCUT2D eigenvalue weighted by Gasteiger charge is 2.18. The lowest BCUT2D eigenvalue weighted by Crippen LogP contribution is -2.40. The van der Waals surface area contributed by atoms with Crippen LogP contribution in [0.3, 0.4) is 0 Å². The van der Waals surface area contributed by atoms with Crippen molar-refractivity contribution < 1.29 is 4.79 Å². The molecule has 76 valence electrons. The van der Waals surface area contributed by atoms with Gasteiger partial charge in [0.1, 0.15) is 0 Å². The van der Waals surface area contributed by atoms with Gasteiger partial charge in [0.2, 0.25) is 5.91 Å². The predicted molar refractivity (Wildman–Crippen MR) is 53.5 cm³/mol. The third-order valence-electron chi connectivity index (χ3n) is 2.69. The first-order valence-corrected chi connectivity index (χ1v) is 5.19. The van der Waals surface area contributed by atoms with Crippen LogP contribution >= 0.6 is 0 Å². The summed E-state index contributed by atoms with van der Waals surface area (Å²) in [5.74, 6) is 0.756. The fourth-order valence-electron chi connectivity index (χ4n) is 1.89. The zero-order valence-corrected chi connectivity index (χ0v) is 8.68. The summed E-state index contributed by atoms with van der Waals surface area (Å²) < 4.78 is 0. The molecule has 1 aliphatic rings. The Morgan fingerprint density at radius 2 is 2.38 bits per heavy atom. The topological polar surface area (TPSA) is 32.3 Å². The summed E-state index contributed by atoms with van der Waals surface area (Å²) in [4.78, 5) is 13.2. The molecule has 0 aromatic rings. The van der Waals surface area contributed by atoms with Crippen molar-refractivity contribution in [3.05, 3.63) is 0 Å². The first kappa shape index (κ1) is 10.5. The van der Waals surface area contributed by atoms with Crippen LogP contribution in [0.1, 0.15) is 26.7 Å². The van der Waals surface area contributed by atoms with E-state index in [9.17, 15) is 4.79 Å². The molecule has 1 heterocycles. The van der Waals surface area contributed by atoms with E-state index in [1.165, 1.54) is 19.4 Å². The molecule has 0 aromatic carbocycles. The van der Waals surface area contributed by atoms with Gasteiger partial charge in [-0.15, -0.1) is 0 Å². The number of likely N-dealkylation sites (tertiary alicyclic amines) is 1. The standard InChI is InChI=1S/C10H20N2O/c1-3-12-6-4-5-10(8-12)7-11-9(2)13/h10H,3-8H2,1-2H3,(H,11,13). The van der Waals surface area contributed by atoms with Crippen molar-refractivity contribution in [2.75, 3.05) is 26.2 Å². The summed E-state index contributed by atoms with van der Waals surface area (Å²) in [7, 11) is 0. The van der Waals surface area contributed by atoms with E-state index in [2.05, 4.69) is 17.1 Å². The summed E-state index contributed by atoms with van der Waals surface area (Å²) in [6.45, 7) is 8.15. The number of nitrogens with one attached hydrogen (secondary N) is 1. The Bertz CT molecular complexity index is 170. The SMILES string of the molecule is CCN1CCCC(CNC(C)=O)C1.